The molecule has 6 heteroatoms. The first-order valence-electron chi connectivity index (χ1n) is 7.28. The van der Waals surface area contributed by atoms with Crippen LogP contribution in [0.25, 0.3) is 10.9 Å². The van der Waals surface area contributed by atoms with Crippen LogP contribution in [-0.2, 0) is 12.5 Å². The van der Waals surface area contributed by atoms with Gasteiger partial charge in [0, 0.05) is 43.2 Å². The number of fused-ring (bicyclic) bond motifs is 4. The number of hydrogen-bond acceptors (Lipinski definition) is 3. The molecule has 3 heterocycles. The Labute approximate surface area is 122 Å². The van der Waals surface area contributed by atoms with E-state index in [0.29, 0.717) is 13.1 Å². The Hall–Kier alpha value is -2.24. The minimum atomic E-state index is -0.810. The molecule has 6 nitrogen and oxygen atoms in total. The highest BCUT2D eigenvalue weighted by Gasteiger charge is 2.43. The van der Waals surface area contributed by atoms with Gasteiger partial charge in [-0.3, -0.25) is 4.68 Å². The van der Waals surface area contributed by atoms with Gasteiger partial charge in [0.05, 0.1) is 11.7 Å². The van der Waals surface area contributed by atoms with Crippen molar-refractivity contribution in [2.75, 3.05) is 25.0 Å². The Bertz CT molecular complexity index is 729. The second-order valence-corrected chi connectivity index (χ2v) is 6.09. The van der Waals surface area contributed by atoms with Crippen LogP contribution in [-0.4, -0.2) is 45.5 Å². The van der Waals surface area contributed by atoms with Crippen molar-refractivity contribution < 1.29 is 9.90 Å². The van der Waals surface area contributed by atoms with Crippen LogP contribution < -0.4 is 5.32 Å². The second-order valence-electron chi connectivity index (χ2n) is 6.09. The topological polar surface area (TPSA) is 70.4 Å². The predicted octanol–water partition coefficient (Wildman–Crippen LogP) is 2.01. The molecule has 2 aliphatic rings. The maximum Gasteiger partial charge on any atom is 0.407 e. The van der Waals surface area contributed by atoms with E-state index in [4.69, 9.17) is 5.11 Å². The van der Waals surface area contributed by atoms with Crippen molar-refractivity contribution in [1.82, 2.24) is 14.7 Å². The van der Waals surface area contributed by atoms with Crippen molar-refractivity contribution in [2.24, 2.45) is 7.05 Å². The van der Waals surface area contributed by atoms with Gasteiger partial charge in [-0.15, -0.1) is 0 Å². The zero-order valence-corrected chi connectivity index (χ0v) is 12.0. The number of hydrogen-bond donors (Lipinski definition) is 2. The lowest BCUT2D eigenvalue weighted by Crippen LogP contribution is -2.45. The van der Waals surface area contributed by atoms with Crippen molar-refractivity contribution >= 4 is 22.7 Å². The number of nitrogens with one attached hydrogen (secondary N) is 1. The molecule has 2 aromatic rings. The molecule has 21 heavy (non-hydrogen) atoms. The number of rotatable bonds is 0. The first kappa shape index (κ1) is 12.5. The SMILES string of the molecule is Cn1ncc2c3c(ccc21)NCC31CCN(C(=O)O)CC1. The molecule has 0 saturated carbocycles. The zero-order chi connectivity index (χ0) is 14.6. The number of amides is 1. The van der Waals surface area contributed by atoms with Gasteiger partial charge in [0.1, 0.15) is 0 Å². The van der Waals surface area contributed by atoms with Crippen LogP contribution in [0.3, 0.4) is 0 Å². The lowest BCUT2D eigenvalue weighted by Gasteiger charge is -2.38. The van der Waals surface area contributed by atoms with Gasteiger partial charge in [-0.1, -0.05) is 0 Å². The van der Waals surface area contributed by atoms with Gasteiger partial charge < -0.3 is 15.3 Å². The molecule has 4 rings (SSSR count). The highest BCUT2D eigenvalue weighted by atomic mass is 16.4. The highest BCUT2D eigenvalue weighted by molar-refractivity contribution is 5.90. The van der Waals surface area contributed by atoms with Gasteiger partial charge in [0.25, 0.3) is 0 Å². The maximum absolute atomic E-state index is 11.1. The van der Waals surface area contributed by atoms with Crippen LogP contribution in [0.2, 0.25) is 0 Å². The summed E-state index contributed by atoms with van der Waals surface area (Å²) in [7, 11) is 1.96. The Kier molecular flexibility index (Phi) is 2.46. The van der Waals surface area contributed by atoms with E-state index >= 15 is 0 Å². The number of likely N-dealkylation sites (tertiary alicyclic amines) is 1. The number of carboxylic acid groups (broad SMARTS) is 1. The average molecular weight is 286 g/mol. The minimum absolute atomic E-state index is 0.0455. The third-order valence-electron chi connectivity index (χ3n) is 5.07. The largest absolute Gasteiger partial charge is 0.465 e. The van der Waals surface area contributed by atoms with Gasteiger partial charge in [0.2, 0.25) is 0 Å². The third-order valence-corrected chi connectivity index (χ3v) is 5.07. The standard InChI is InChI=1S/C15H18N4O2/c1-18-12-3-2-11-13(10(12)8-17-18)15(9-16-11)4-6-19(7-5-15)14(20)21/h2-3,8,16H,4-7,9H2,1H3,(H,20,21). The fourth-order valence-electron chi connectivity index (χ4n) is 3.85. The molecule has 0 atom stereocenters. The van der Waals surface area contributed by atoms with Crippen LogP contribution in [0.4, 0.5) is 10.5 Å². The summed E-state index contributed by atoms with van der Waals surface area (Å²) >= 11 is 0. The van der Waals surface area contributed by atoms with E-state index in [1.54, 1.807) is 0 Å². The predicted molar refractivity (Wildman–Crippen MR) is 79.7 cm³/mol. The molecular weight excluding hydrogens is 268 g/mol. The first-order valence-corrected chi connectivity index (χ1v) is 7.28. The van der Waals surface area contributed by atoms with Crippen molar-refractivity contribution in [3.05, 3.63) is 23.9 Å². The van der Waals surface area contributed by atoms with Crippen LogP contribution in [0, 0.1) is 0 Å². The van der Waals surface area contributed by atoms with Crippen LogP contribution in [0.1, 0.15) is 18.4 Å². The summed E-state index contributed by atoms with van der Waals surface area (Å²) in [5.41, 5.74) is 3.69. The van der Waals surface area contributed by atoms with E-state index in [1.165, 1.54) is 21.5 Å². The van der Waals surface area contributed by atoms with Gasteiger partial charge in [-0.2, -0.15) is 5.10 Å². The van der Waals surface area contributed by atoms with Crippen molar-refractivity contribution in [1.29, 1.82) is 0 Å². The summed E-state index contributed by atoms with van der Waals surface area (Å²) in [6.07, 6.45) is 2.86. The van der Waals surface area contributed by atoms with Crippen molar-refractivity contribution in [2.45, 2.75) is 18.3 Å². The molecule has 1 aromatic carbocycles. The molecule has 1 fully saturated rings. The molecule has 0 bridgehead atoms. The van der Waals surface area contributed by atoms with E-state index in [0.717, 1.165) is 24.9 Å². The van der Waals surface area contributed by atoms with Gasteiger partial charge in [-0.25, -0.2) is 4.79 Å². The van der Waals surface area contributed by atoms with Crippen molar-refractivity contribution in [3.63, 3.8) is 0 Å². The zero-order valence-electron chi connectivity index (χ0n) is 12.0. The number of aryl methyl sites for hydroxylation is 1. The summed E-state index contributed by atoms with van der Waals surface area (Å²) in [4.78, 5) is 12.6. The quantitative estimate of drug-likeness (QED) is 0.777. The Morgan fingerprint density at radius 1 is 1.38 bits per heavy atom. The monoisotopic (exact) mass is 286 g/mol. The third kappa shape index (κ3) is 1.65. The molecule has 0 unspecified atom stereocenters. The molecule has 0 aliphatic carbocycles. The van der Waals surface area contributed by atoms with Crippen molar-refractivity contribution in [3.8, 4) is 0 Å². The number of nitrogens with zero attached hydrogens (tertiary/aromatic N) is 3. The molecular formula is C15H18N4O2. The number of aromatic nitrogens is 2. The van der Waals surface area contributed by atoms with Gasteiger partial charge >= 0.3 is 6.09 Å². The molecule has 1 spiro atoms. The number of piperidine rings is 1. The normalized spacial score (nSPS) is 19.8. The number of benzene rings is 1. The summed E-state index contributed by atoms with van der Waals surface area (Å²) in [5, 5.41) is 18.2. The summed E-state index contributed by atoms with van der Waals surface area (Å²) in [6, 6.07) is 4.22. The van der Waals surface area contributed by atoms with Crippen LogP contribution in [0.5, 0.6) is 0 Å². The van der Waals surface area contributed by atoms with Crippen LogP contribution in [0.15, 0.2) is 18.3 Å². The summed E-state index contributed by atoms with van der Waals surface area (Å²) < 4.78 is 1.90. The Morgan fingerprint density at radius 2 is 2.14 bits per heavy atom. The molecule has 1 amide bonds. The first-order chi connectivity index (χ1) is 10.1. The summed E-state index contributed by atoms with van der Waals surface area (Å²) in [5.74, 6) is 0. The van der Waals surface area contributed by atoms with E-state index in [2.05, 4.69) is 22.5 Å². The molecule has 110 valence electrons. The average Bonchev–Trinajstić information content (AvgIpc) is 3.02. The number of carbonyl (C=O) groups is 1. The van der Waals surface area contributed by atoms with E-state index in [-0.39, 0.29) is 5.41 Å². The number of anilines is 1. The Balaban J connectivity index is 1.79. The molecule has 0 radical (unpaired) electrons. The molecule has 2 aliphatic heterocycles. The second kappa shape index (κ2) is 4.13. The highest BCUT2D eigenvalue weighted by Crippen LogP contribution is 2.47. The van der Waals surface area contributed by atoms with E-state index in [9.17, 15) is 4.79 Å². The van der Waals surface area contributed by atoms with Crippen LogP contribution >= 0.6 is 0 Å². The smallest absolute Gasteiger partial charge is 0.407 e. The molecule has 1 saturated heterocycles. The fourth-order valence-corrected chi connectivity index (χ4v) is 3.85. The van der Waals surface area contributed by atoms with E-state index in [1.807, 2.05) is 17.9 Å². The Morgan fingerprint density at radius 3 is 2.86 bits per heavy atom. The van der Waals surface area contributed by atoms with Gasteiger partial charge in [0.15, 0.2) is 0 Å². The molecule has 2 N–H and O–H groups in total. The maximum atomic E-state index is 11.1. The summed E-state index contributed by atoms with van der Waals surface area (Å²) in [6.45, 7) is 2.10. The fraction of sp³-hybridized carbons (Fsp3) is 0.467. The van der Waals surface area contributed by atoms with Gasteiger partial charge in [-0.05, 0) is 30.5 Å². The lowest BCUT2D eigenvalue weighted by molar-refractivity contribution is 0.120. The minimum Gasteiger partial charge on any atom is -0.465 e. The lowest BCUT2D eigenvalue weighted by atomic mass is 9.73. The molecule has 1 aromatic heterocycles. The van der Waals surface area contributed by atoms with E-state index < -0.39 is 6.09 Å².